The highest BCUT2D eigenvalue weighted by Crippen LogP contribution is 2.19. The number of hydrogen-bond acceptors (Lipinski definition) is 5. The third-order valence-corrected chi connectivity index (χ3v) is 3.27. The molecule has 19 heavy (non-hydrogen) atoms. The minimum Gasteiger partial charge on any atom is -0.460 e. The Labute approximate surface area is 117 Å². The van der Waals surface area contributed by atoms with E-state index in [9.17, 15) is 9.59 Å². The molecule has 1 aromatic heterocycles. The van der Waals surface area contributed by atoms with Crippen molar-refractivity contribution < 1.29 is 14.3 Å². The lowest BCUT2D eigenvalue weighted by molar-refractivity contribution is -0.155. The fourth-order valence-electron chi connectivity index (χ4n) is 1.37. The average Bonchev–Trinajstić information content (AvgIpc) is 2.69. The number of aryl methyl sites for hydroxylation is 1. The van der Waals surface area contributed by atoms with Gasteiger partial charge >= 0.3 is 5.97 Å². The molecule has 0 spiro atoms. The smallest absolute Gasteiger partial charge is 0.306 e. The molecule has 0 saturated carbocycles. The molecule has 0 aliphatic rings. The van der Waals surface area contributed by atoms with Gasteiger partial charge in [0.15, 0.2) is 5.13 Å². The zero-order chi connectivity index (χ0) is 14.6. The molecule has 0 aliphatic heterocycles. The van der Waals surface area contributed by atoms with Crippen LogP contribution in [0.1, 0.15) is 39.3 Å². The Morgan fingerprint density at radius 3 is 2.47 bits per heavy atom. The number of nitrogens with zero attached hydrogens (tertiary/aromatic N) is 2. The van der Waals surface area contributed by atoms with Crippen LogP contribution in [0.5, 0.6) is 0 Å². The van der Waals surface area contributed by atoms with E-state index in [1.165, 1.54) is 16.2 Å². The van der Waals surface area contributed by atoms with Crippen LogP contribution in [0.15, 0.2) is 5.38 Å². The van der Waals surface area contributed by atoms with Gasteiger partial charge in [0.2, 0.25) is 5.91 Å². The number of rotatable bonds is 4. The van der Waals surface area contributed by atoms with Gasteiger partial charge in [-0.1, -0.05) is 0 Å². The van der Waals surface area contributed by atoms with Crippen LogP contribution in [0, 0.1) is 6.92 Å². The van der Waals surface area contributed by atoms with Crippen LogP contribution in [-0.2, 0) is 14.3 Å². The van der Waals surface area contributed by atoms with Gasteiger partial charge in [-0.2, -0.15) is 0 Å². The Morgan fingerprint density at radius 1 is 1.37 bits per heavy atom. The van der Waals surface area contributed by atoms with E-state index in [0.717, 1.165) is 5.69 Å². The maximum Gasteiger partial charge on any atom is 0.306 e. The van der Waals surface area contributed by atoms with Crippen LogP contribution in [0.3, 0.4) is 0 Å². The summed E-state index contributed by atoms with van der Waals surface area (Å²) in [6, 6.07) is 0. The molecular weight excluding hydrogens is 264 g/mol. The maximum absolute atomic E-state index is 11.9. The van der Waals surface area contributed by atoms with Gasteiger partial charge in [0, 0.05) is 18.8 Å². The second-order valence-corrected chi connectivity index (χ2v) is 6.15. The van der Waals surface area contributed by atoms with Gasteiger partial charge in [0.25, 0.3) is 0 Å². The molecular formula is C13H20N2O3S. The van der Waals surface area contributed by atoms with Crippen molar-refractivity contribution >= 4 is 28.3 Å². The lowest BCUT2D eigenvalue weighted by Crippen LogP contribution is -2.28. The molecule has 0 atom stereocenters. The second-order valence-electron chi connectivity index (χ2n) is 5.31. The third-order valence-electron chi connectivity index (χ3n) is 2.23. The zero-order valence-corrected chi connectivity index (χ0v) is 12.8. The molecule has 1 heterocycles. The van der Waals surface area contributed by atoms with Crippen molar-refractivity contribution in [1.29, 1.82) is 0 Å². The number of anilines is 1. The molecule has 0 unspecified atom stereocenters. The minimum absolute atomic E-state index is 0.0881. The predicted molar refractivity (Wildman–Crippen MR) is 75.3 cm³/mol. The third kappa shape index (κ3) is 5.38. The Hall–Kier alpha value is -1.43. The number of hydrogen-bond donors (Lipinski definition) is 0. The van der Waals surface area contributed by atoms with Gasteiger partial charge in [-0.25, -0.2) is 4.98 Å². The van der Waals surface area contributed by atoms with Crippen LogP contribution in [0.2, 0.25) is 0 Å². The molecule has 0 aromatic carbocycles. The molecule has 1 rings (SSSR count). The van der Waals surface area contributed by atoms with Crippen molar-refractivity contribution in [2.75, 3.05) is 11.9 Å². The van der Waals surface area contributed by atoms with Crippen LogP contribution in [0.25, 0.3) is 0 Å². The number of ether oxygens (including phenoxy) is 1. The van der Waals surface area contributed by atoms with Crippen molar-refractivity contribution in [3.8, 4) is 0 Å². The van der Waals surface area contributed by atoms with Crippen LogP contribution in [-0.4, -0.2) is 29.5 Å². The molecule has 6 heteroatoms. The number of carbonyl (C=O) groups excluding carboxylic acids is 2. The monoisotopic (exact) mass is 284 g/mol. The van der Waals surface area contributed by atoms with E-state index in [0.29, 0.717) is 5.13 Å². The Bertz CT molecular complexity index is 463. The fourth-order valence-corrected chi connectivity index (χ4v) is 2.16. The second kappa shape index (κ2) is 6.14. The summed E-state index contributed by atoms with van der Waals surface area (Å²) < 4.78 is 5.15. The normalized spacial score (nSPS) is 11.2. The maximum atomic E-state index is 11.9. The first kappa shape index (κ1) is 15.6. The van der Waals surface area contributed by atoms with E-state index in [1.807, 2.05) is 12.3 Å². The lowest BCUT2D eigenvalue weighted by Gasteiger charge is -2.19. The van der Waals surface area contributed by atoms with Crippen LogP contribution < -0.4 is 4.90 Å². The van der Waals surface area contributed by atoms with Crippen molar-refractivity contribution in [3.63, 3.8) is 0 Å². The van der Waals surface area contributed by atoms with Gasteiger partial charge in [-0.3, -0.25) is 14.5 Å². The molecule has 1 aromatic rings. The van der Waals surface area contributed by atoms with E-state index >= 15 is 0 Å². The molecule has 0 bridgehead atoms. The number of amides is 1. The standard InChI is InChI=1S/C13H20N2O3S/c1-9-8-19-12(14-9)15(5)10(16)6-7-11(17)18-13(2,3)4/h8H,6-7H2,1-5H3. The first-order chi connectivity index (χ1) is 8.69. The quantitative estimate of drug-likeness (QED) is 0.797. The summed E-state index contributed by atoms with van der Waals surface area (Å²) in [6.07, 6.45) is 0.217. The van der Waals surface area contributed by atoms with E-state index in [-0.39, 0.29) is 24.7 Å². The molecule has 0 fully saturated rings. The van der Waals surface area contributed by atoms with Crippen molar-refractivity contribution in [2.24, 2.45) is 0 Å². The molecule has 0 radical (unpaired) electrons. The predicted octanol–water partition coefficient (Wildman–Crippen LogP) is 2.54. The Morgan fingerprint density at radius 2 is 2.00 bits per heavy atom. The van der Waals surface area contributed by atoms with Gasteiger partial charge in [0.05, 0.1) is 12.1 Å². The van der Waals surface area contributed by atoms with Crippen molar-refractivity contribution in [1.82, 2.24) is 4.98 Å². The lowest BCUT2D eigenvalue weighted by atomic mass is 10.2. The number of esters is 1. The first-order valence-electron chi connectivity index (χ1n) is 6.09. The number of thiazole rings is 1. The van der Waals surface area contributed by atoms with Gasteiger partial charge in [-0.15, -0.1) is 11.3 Å². The van der Waals surface area contributed by atoms with E-state index in [1.54, 1.807) is 27.8 Å². The number of aromatic nitrogens is 1. The van der Waals surface area contributed by atoms with E-state index in [2.05, 4.69) is 4.98 Å². The van der Waals surface area contributed by atoms with E-state index < -0.39 is 5.60 Å². The number of carbonyl (C=O) groups is 2. The van der Waals surface area contributed by atoms with Crippen molar-refractivity contribution in [2.45, 2.75) is 46.1 Å². The Balaban J connectivity index is 2.45. The van der Waals surface area contributed by atoms with Crippen LogP contribution >= 0.6 is 11.3 Å². The average molecular weight is 284 g/mol. The summed E-state index contributed by atoms with van der Waals surface area (Å²) in [5, 5.41) is 2.53. The van der Waals surface area contributed by atoms with Crippen molar-refractivity contribution in [3.05, 3.63) is 11.1 Å². The van der Waals surface area contributed by atoms with Gasteiger partial charge < -0.3 is 4.74 Å². The summed E-state index contributed by atoms with van der Waals surface area (Å²) in [7, 11) is 1.66. The topological polar surface area (TPSA) is 59.5 Å². The first-order valence-corrected chi connectivity index (χ1v) is 6.97. The fraction of sp³-hybridized carbons (Fsp3) is 0.615. The molecule has 1 amide bonds. The van der Waals surface area contributed by atoms with Crippen LogP contribution in [0.4, 0.5) is 5.13 Å². The molecule has 0 aliphatic carbocycles. The molecule has 106 valence electrons. The summed E-state index contributed by atoms with van der Waals surface area (Å²) in [5.41, 5.74) is 0.366. The summed E-state index contributed by atoms with van der Waals surface area (Å²) >= 11 is 1.41. The molecule has 0 saturated heterocycles. The van der Waals surface area contributed by atoms with Gasteiger partial charge in [-0.05, 0) is 27.7 Å². The molecule has 5 nitrogen and oxygen atoms in total. The SMILES string of the molecule is Cc1csc(N(C)C(=O)CCC(=O)OC(C)(C)C)n1. The summed E-state index contributed by atoms with van der Waals surface area (Å²) in [5.74, 6) is -0.496. The zero-order valence-electron chi connectivity index (χ0n) is 12.0. The Kier molecular flexibility index (Phi) is 5.05. The van der Waals surface area contributed by atoms with Gasteiger partial charge in [0.1, 0.15) is 5.60 Å². The highest BCUT2D eigenvalue weighted by atomic mass is 32.1. The highest BCUT2D eigenvalue weighted by Gasteiger charge is 2.19. The summed E-state index contributed by atoms with van der Waals surface area (Å²) in [4.78, 5) is 29.1. The summed E-state index contributed by atoms with van der Waals surface area (Å²) in [6.45, 7) is 7.28. The largest absolute Gasteiger partial charge is 0.460 e. The highest BCUT2D eigenvalue weighted by molar-refractivity contribution is 7.14. The minimum atomic E-state index is -0.515. The molecule has 0 N–H and O–H groups in total. The van der Waals surface area contributed by atoms with E-state index in [4.69, 9.17) is 4.74 Å².